The highest BCUT2D eigenvalue weighted by Gasteiger charge is 2.18. The van der Waals surface area contributed by atoms with Crippen LogP contribution in [0.25, 0.3) is 0 Å². The van der Waals surface area contributed by atoms with E-state index in [9.17, 15) is 4.79 Å². The number of hydrazone groups is 1. The Labute approximate surface area is 166 Å². The number of methoxy groups -OCH3 is 1. The van der Waals surface area contributed by atoms with Gasteiger partial charge in [0.05, 0.1) is 19.9 Å². The van der Waals surface area contributed by atoms with Gasteiger partial charge >= 0.3 is 0 Å². The van der Waals surface area contributed by atoms with Gasteiger partial charge in [0, 0.05) is 0 Å². The first kappa shape index (κ1) is 21.3. The summed E-state index contributed by atoms with van der Waals surface area (Å²) in [6.45, 7) is 8.65. The van der Waals surface area contributed by atoms with Crippen LogP contribution in [-0.2, 0) is 10.2 Å². The van der Waals surface area contributed by atoms with E-state index in [0.717, 1.165) is 11.1 Å². The van der Waals surface area contributed by atoms with Gasteiger partial charge in [0.15, 0.2) is 18.1 Å². The Morgan fingerprint density at radius 3 is 2.50 bits per heavy atom. The zero-order valence-corrected chi connectivity index (χ0v) is 17.1. The second-order valence-corrected chi connectivity index (χ2v) is 7.17. The van der Waals surface area contributed by atoms with Gasteiger partial charge in [-0.1, -0.05) is 39.0 Å². The first-order chi connectivity index (χ1) is 13.3. The third-order valence-corrected chi connectivity index (χ3v) is 3.94. The second-order valence-electron chi connectivity index (χ2n) is 7.17. The Morgan fingerprint density at radius 1 is 1.07 bits per heavy atom. The van der Waals surface area contributed by atoms with Crippen LogP contribution in [0, 0.1) is 0 Å². The van der Waals surface area contributed by atoms with Crippen molar-refractivity contribution < 1.29 is 19.0 Å². The minimum atomic E-state index is -0.335. The lowest BCUT2D eigenvalue weighted by Crippen LogP contribution is -2.25. The van der Waals surface area contributed by atoms with Crippen molar-refractivity contribution in [1.82, 2.24) is 5.43 Å². The van der Waals surface area contributed by atoms with Crippen LogP contribution < -0.4 is 19.6 Å². The standard InChI is InChI=1S/C22H28N2O4/c1-6-27-19-12-11-16(13-20(19)26-5)14-23-24-21(25)15-28-18-10-8-7-9-17(18)22(2,3)4/h7-14H,6,15H2,1-5H3,(H,24,25). The zero-order chi connectivity index (χ0) is 20.6. The van der Waals surface area contributed by atoms with Crippen molar-refractivity contribution in [3.8, 4) is 17.2 Å². The Hall–Kier alpha value is -3.02. The molecule has 0 heterocycles. The van der Waals surface area contributed by atoms with E-state index in [2.05, 4.69) is 31.3 Å². The number of carbonyl (C=O) groups excluding carboxylic acids is 1. The van der Waals surface area contributed by atoms with Gasteiger partial charge in [0.2, 0.25) is 0 Å². The molecule has 0 bridgehead atoms. The van der Waals surface area contributed by atoms with Crippen LogP contribution in [0.1, 0.15) is 38.8 Å². The molecule has 1 amide bonds. The molecule has 0 aliphatic carbocycles. The molecule has 0 aromatic heterocycles. The molecule has 6 heteroatoms. The third kappa shape index (κ3) is 6.01. The van der Waals surface area contributed by atoms with Crippen LogP contribution in [0.15, 0.2) is 47.6 Å². The molecule has 0 aliphatic heterocycles. The molecule has 0 aliphatic rings. The lowest BCUT2D eigenvalue weighted by Gasteiger charge is -2.22. The van der Waals surface area contributed by atoms with Crippen molar-refractivity contribution in [2.75, 3.05) is 20.3 Å². The Morgan fingerprint density at radius 2 is 1.82 bits per heavy atom. The molecule has 0 spiro atoms. The fraction of sp³-hybridized carbons (Fsp3) is 0.364. The van der Waals surface area contributed by atoms with Crippen molar-refractivity contribution in [2.45, 2.75) is 33.1 Å². The summed E-state index contributed by atoms with van der Waals surface area (Å²) in [5.41, 5.74) is 4.23. The topological polar surface area (TPSA) is 69.2 Å². The number of benzene rings is 2. The smallest absolute Gasteiger partial charge is 0.277 e. The molecule has 0 saturated heterocycles. The Bertz CT molecular complexity index is 826. The normalized spacial score (nSPS) is 11.3. The SMILES string of the molecule is CCOc1ccc(C=NNC(=O)COc2ccccc2C(C)(C)C)cc1OC. The lowest BCUT2D eigenvalue weighted by atomic mass is 9.86. The van der Waals surface area contributed by atoms with Gasteiger partial charge in [-0.2, -0.15) is 5.10 Å². The van der Waals surface area contributed by atoms with Gasteiger partial charge in [-0.15, -0.1) is 0 Å². The number of hydrogen-bond acceptors (Lipinski definition) is 5. The monoisotopic (exact) mass is 384 g/mol. The average Bonchev–Trinajstić information content (AvgIpc) is 2.67. The maximum atomic E-state index is 12.0. The van der Waals surface area contributed by atoms with Crippen LogP contribution in [-0.4, -0.2) is 32.4 Å². The number of carbonyl (C=O) groups is 1. The van der Waals surface area contributed by atoms with Gasteiger partial charge in [0.25, 0.3) is 5.91 Å². The first-order valence-corrected chi connectivity index (χ1v) is 9.20. The zero-order valence-electron chi connectivity index (χ0n) is 17.1. The van der Waals surface area contributed by atoms with Crippen molar-refractivity contribution in [2.24, 2.45) is 5.10 Å². The summed E-state index contributed by atoms with van der Waals surface area (Å²) >= 11 is 0. The van der Waals surface area contributed by atoms with E-state index in [-0.39, 0.29) is 17.9 Å². The van der Waals surface area contributed by atoms with Crippen LogP contribution in [0.2, 0.25) is 0 Å². The second kappa shape index (κ2) is 9.78. The van der Waals surface area contributed by atoms with Gasteiger partial charge < -0.3 is 14.2 Å². The number of rotatable bonds is 8. The number of hydrogen-bond donors (Lipinski definition) is 1. The summed E-state index contributed by atoms with van der Waals surface area (Å²) in [5.74, 6) is 1.64. The largest absolute Gasteiger partial charge is 0.493 e. The summed E-state index contributed by atoms with van der Waals surface area (Å²) < 4.78 is 16.5. The van der Waals surface area contributed by atoms with E-state index in [1.807, 2.05) is 37.3 Å². The van der Waals surface area contributed by atoms with Crippen molar-refractivity contribution >= 4 is 12.1 Å². The molecule has 0 atom stereocenters. The summed E-state index contributed by atoms with van der Waals surface area (Å²) in [6, 6.07) is 13.1. The van der Waals surface area contributed by atoms with E-state index in [0.29, 0.717) is 23.9 Å². The minimum Gasteiger partial charge on any atom is -0.493 e. The quantitative estimate of drug-likeness (QED) is 0.553. The molecule has 2 aromatic carbocycles. The third-order valence-electron chi connectivity index (χ3n) is 3.94. The van der Waals surface area contributed by atoms with E-state index in [1.54, 1.807) is 25.5 Å². The van der Waals surface area contributed by atoms with Gasteiger partial charge in [-0.3, -0.25) is 4.79 Å². The highest BCUT2D eigenvalue weighted by atomic mass is 16.5. The average molecular weight is 384 g/mol. The summed E-state index contributed by atoms with van der Waals surface area (Å²) in [4.78, 5) is 12.0. The maximum absolute atomic E-state index is 12.0. The Balaban J connectivity index is 1.93. The molecular weight excluding hydrogens is 356 g/mol. The van der Waals surface area contributed by atoms with Crippen molar-refractivity contribution in [3.05, 3.63) is 53.6 Å². The van der Waals surface area contributed by atoms with Gasteiger partial charge in [-0.25, -0.2) is 5.43 Å². The fourth-order valence-electron chi connectivity index (χ4n) is 2.61. The molecule has 0 radical (unpaired) electrons. The Kier molecular flexibility index (Phi) is 7.44. The first-order valence-electron chi connectivity index (χ1n) is 9.20. The maximum Gasteiger partial charge on any atom is 0.277 e. The molecule has 0 saturated carbocycles. The predicted molar refractivity (Wildman–Crippen MR) is 111 cm³/mol. The molecule has 28 heavy (non-hydrogen) atoms. The van der Waals surface area contributed by atoms with E-state index in [4.69, 9.17) is 14.2 Å². The molecule has 0 fully saturated rings. The van der Waals surface area contributed by atoms with E-state index in [1.165, 1.54) is 0 Å². The summed E-state index contributed by atoms with van der Waals surface area (Å²) in [5, 5.41) is 3.98. The minimum absolute atomic E-state index is 0.0715. The highest BCUT2D eigenvalue weighted by molar-refractivity contribution is 5.83. The number of amides is 1. The van der Waals surface area contributed by atoms with Crippen LogP contribution >= 0.6 is 0 Å². The van der Waals surface area contributed by atoms with Gasteiger partial charge in [0.1, 0.15) is 5.75 Å². The molecular formula is C22H28N2O4. The number of para-hydroxylation sites is 1. The molecule has 1 N–H and O–H groups in total. The number of nitrogens with zero attached hydrogens (tertiary/aromatic N) is 1. The summed E-state index contributed by atoms with van der Waals surface area (Å²) in [6.07, 6.45) is 1.54. The van der Waals surface area contributed by atoms with Crippen LogP contribution in [0.4, 0.5) is 0 Å². The van der Waals surface area contributed by atoms with Crippen molar-refractivity contribution in [3.63, 3.8) is 0 Å². The predicted octanol–water partition coefficient (Wildman–Crippen LogP) is 3.92. The number of nitrogens with one attached hydrogen (secondary N) is 1. The fourth-order valence-corrected chi connectivity index (χ4v) is 2.61. The van der Waals surface area contributed by atoms with Crippen LogP contribution in [0.5, 0.6) is 17.2 Å². The van der Waals surface area contributed by atoms with Gasteiger partial charge in [-0.05, 0) is 47.7 Å². The van der Waals surface area contributed by atoms with Crippen molar-refractivity contribution in [1.29, 1.82) is 0 Å². The highest BCUT2D eigenvalue weighted by Crippen LogP contribution is 2.31. The van der Waals surface area contributed by atoms with E-state index < -0.39 is 0 Å². The number of ether oxygens (including phenoxy) is 3. The molecule has 6 nitrogen and oxygen atoms in total. The molecule has 2 aromatic rings. The molecule has 0 unspecified atom stereocenters. The van der Waals surface area contributed by atoms with E-state index >= 15 is 0 Å². The molecule has 2 rings (SSSR count). The summed E-state index contributed by atoms with van der Waals surface area (Å²) in [7, 11) is 1.58. The lowest BCUT2D eigenvalue weighted by molar-refractivity contribution is -0.123. The van der Waals surface area contributed by atoms with Crippen LogP contribution in [0.3, 0.4) is 0 Å². The molecule has 150 valence electrons.